The van der Waals surface area contributed by atoms with E-state index in [9.17, 15) is 4.39 Å². The van der Waals surface area contributed by atoms with Crippen LogP contribution in [0.4, 0.5) is 4.39 Å². The Kier molecular flexibility index (Phi) is 2.74. The second kappa shape index (κ2) is 3.81. The first kappa shape index (κ1) is 11.5. The minimum Gasteiger partial charge on any atom is -0.307 e. The molecule has 1 aliphatic heterocycles. The van der Waals surface area contributed by atoms with Crippen LogP contribution in [-0.4, -0.2) is 11.5 Å². The Morgan fingerprint density at radius 1 is 1.44 bits per heavy atom. The van der Waals surface area contributed by atoms with E-state index >= 15 is 0 Å². The second-order valence-electron chi connectivity index (χ2n) is 5.54. The minimum atomic E-state index is -0.250. The van der Waals surface area contributed by atoms with Gasteiger partial charge in [-0.15, -0.1) is 0 Å². The molecule has 0 spiro atoms. The van der Waals surface area contributed by atoms with E-state index in [4.69, 9.17) is 0 Å². The average Bonchev–Trinajstić information content (AvgIpc) is 2.67. The maximum Gasteiger partial charge on any atom is 0.146 e. The number of hydrogen-bond acceptors (Lipinski definition) is 2. The Morgan fingerprint density at radius 3 is 2.69 bits per heavy atom. The summed E-state index contributed by atoms with van der Waals surface area (Å²) in [7, 11) is 0. The van der Waals surface area contributed by atoms with Crippen molar-refractivity contribution in [2.24, 2.45) is 5.41 Å². The molecule has 88 valence electrons. The fraction of sp³-hybridized carbons (Fsp3) is 0.615. The van der Waals surface area contributed by atoms with Gasteiger partial charge >= 0.3 is 0 Å². The van der Waals surface area contributed by atoms with Crippen molar-refractivity contribution in [2.45, 2.75) is 39.2 Å². The highest BCUT2D eigenvalue weighted by atomic mass is 19.1. The van der Waals surface area contributed by atoms with E-state index in [0.717, 1.165) is 24.9 Å². The molecule has 1 fully saturated rings. The molecule has 1 aromatic rings. The fourth-order valence-corrected chi connectivity index (χ4v) is 2.74. The molecule has 3 heteroatoms. The highest BCUT2D eigenvalue weighted by molar-refractivity contribution is 5.27. The van der Waals surface area contributed by atoms with Crippen LogP contribution in [-0.2, 0) is 5.54 Å². The second-order valence-corrected chi connectivity index (χ2v) is 5.54. The zero-order chi connectivity index (χ0) is 11.8. The summed E-state index contributed by atoms with van der Waals surface area (Å²) in [6.45, 7) is 7.43. The number of rotatable bonds is 1. The highest BCUT2D eigenvalue weighted by Gasteiger charge is 2.46. The first-order valence-corrected chi connectivity index (χ1v) is 5.82. The first-order chi connectivity index (χ1) is 7.47. The molecular formula is C13H19FN2. The average molecular weight is 222 g/mol. The van der Waals surface area contributed by atoms with Gasteiger partial charge in [0.15, 0.2) is 0 Å². The molecule has 0 aliphatic carbocycles. The maximum atomic E-state index is 13.9. The van der Waals surface area contributed by atoms with Gasteiger partial charge in [-0.05, 0) is 30.9 Å². The molecule has 2 heterocycles. The number of aromatic nitrogens is 1. The summed E-state index contributed by atoms with van der Waals surface area (Å²) >= 11 is 0. The van der Waals surface area contributed by atoms with Gasteiger partial charge in [-0.3, -0.25) is 4.98 Å². The lowest BCUT2D eigenvalue weighted by Gasteiger charge is -2.42. The quantitative estimate of drug-likeness (QED) is 0.790. The van der Waals surface area contributed by atoms with Crippen LogP contribution >= 0.6 is 0 Å². The van der Waals surface area contributed by atoms with Crippen molar-refractivity contribution in [3.63, 3.8) is 0 Å². The first-order valence-electron chi connectivity index (χ1n) is 5.82. The number of nitrogens with one attached hydrogen (secondary N) is 1. The Hall–Kier alpha value is -0.960. The third kappa shape index (κ3) is 1.63. The predicted octanol–water partition coefficient (Wildman–Crippen LogP) is 2.85. The van der Waals surface area contributed by atoms with E-state index in [1.165, 1.54) is 6.20 Å². The molecule has 2 nitrogen and oxygen atoms in total. The summed E-state index contributed by atoms with van der Waals surface area (Å²) in [5.41, 5.74) is 0.499. The zero-order valence-corrected chi connectivity index (χ0v) is 10.2. The monoisotopic (exact) mass is 222 g/mol. The van der Waals surface area contributed by atoms with E-state index in [0.29, 0.717) is 0 Å². The highest BCUT2D eigenvalue weighted by Crippen LogP contribution is 2.45. The topological polar surface area (TPSA) is 24.9 Å². The third-order valence-corrected chi connectivity index (χ3v) is 3.67. The Bertz CT molecular complexity index is 376. The Morgan fingerprint density at radius 2 is 2.19 bits per heavy atom. The standard InChI is InChI=1S/C13H19FN2/c1-12(2,3)13(6-4-7-16-13)10-5-8-15-9-11(10)14/h5,8-9,16H,4,6-7H2,1-3H3. The lowest BCUT2D eigenvalue weighted by atomic mass is 9.68. The molecule has 1 saturated heterocycles. The van der Waals surface area contributed by atoms with Crippen molar-refractivity contribution in [1.82, 2.24) is 10.3 Å². The lowest BCUT2D eigenvalue weighted by molar-refractivity contribution is 0.155. The number of hydrogen-bond donors (Lipinski definition) is 1. The van der Waals surface area contributed by atoms with Crippen LogP contribution < -0.4 is 5.32 Å². The Balaban J connectivity index is 2.53. The summed E-state index contributed by atoms with van der Waals surface area (Å²) in [6.07, 6.45) is 5.06. The molecular weight excluding hydrogens is 203 g/mol. The van der Waals surface area contributed by atoms with Crippen molar-refractivity contribution in [1.29, 1.82) is 0 Å². The fourth-order valence-electron chi connectivity index (χ4n) is 2.74. The summed E-state index contributed by atoms with van der Waals surface area (Å²) < 4.78 is 13.9. The van der Waals surface area contributed by atoms with Crippen LogP contribution in [0.2, 0.25) is 0 Å². The van der Waals surface area contributed by atoms with E-state index < -0.39 is 0 Å². The van der Waals surface area contributed by atoms with Gasteiger partial charge in [0.05, 0.1) is 11.7 Å². The van der Waals surface area contributed by atoms with Crippen molar-refractivity contribution in [3.05, 3.63) is 29.8 Å². The minimum absolute atomic E-state index is 0.00824. The van der Waals surface area contributed by atoms with E-state index in [1.54, 1.807) is 12.3 Å². The molecule has 0 aromatic carbocycles. The molecule has 1 N–H and O–H groups in total. The molecule has 1 unspecified atom stereocenters. The van der Waals surface area contributed by atoms with E-state index in [1.807, 2.05) is 0 Å². The number of halogens is 1. The summed E-state index contributed by atoms with van der Waals surface area (Å²) in [5, 5.41) is 3.50. The summed E-state index contributed by atoms with van der Waals surface area (Å²) in [5.74, 6) is -0.202. The van der Waals surface area contributed by atoms with Crippen molar-refractivity contribution < 1.29 is 4.39 Å². The van der Waals surface area contributed by atoms with Crippen LogP contribution in [0.5, 0.6) is 0 Å². The van der Waals surface area contributed by atoms with Crippen LogP contribution in [0.3, 0.4) is 0 Å². The van der Waals surface area contributed by atoms with Gasteiger partial charge in [0.2, 0.25) is 0 Å². The molecule has 0 saturated carbocycles. The van der Waals surface area contributed by atoms with Crippen LogP contribution in [0.15, 0.2) is 18.5 Å². The number of pyridine rings is 1. The molecule has 16 heavy (non-hydrogen) atoms. The maximum absolute atomic E-state index is 13.9. The van der Waals surface area contributed by atoms with Crippen LogP contribution in [0.25, 0.3) is 0 Å². The molecule has 1 aromatic heterocycles. The normalized spacial score (nSPS) is 26.0. The van der Waals surface area contributed by atoms with Gasteiger partial charge in [0, 0.05) is 11.8 Å². The van der Waals surface area contributed by atoms with Gasteiger partial charge in [0.1, 0.15) is 5.82 Å². The predicted molar refractivity (Wildman–Crippen MR) is 62.6 cm³/mol. The van der Waals surface area contributed by atoms with Crippen LogP contribution in [0.1, 0.15) is 39.2 Å². The summed E-state index contributed by atoms with van der Waals surface area (Å²) in [6, 6.07) is 1.80. The van der Waals surface area contributed by atoms with Gasteiger partial charge < -0.3 is 5.32 Å². The van der Waals surface area contributed by atoms with Crippen molar-refractivity contribution in [3.8, 4) is 0 Å². The third-order valence-electron chi connectivity index (χ3n) is 3.67. The molecule has 1 aliphatic rings. The molecule has 0 radical (unpaired) electrons. The molecule has 1 atom stereocenters. The largest absolute Gasteiger partial charge is 0.307 e. The zero-order valence-electron chi connectivity index (χ0n) is 10.2. The SMILES string of the molecule is CC(C)(C)C1(c2ccncc2F)CCCN1. The molecule has 2 rings (SSSR count). The van der Waals surface area contributed by atoms with Gasteiger partial charge in [-0.1, -0.05) is 20.8 Å². The van der Waals surface area contributed by atoms with Gasteiger partial charge in [0.25, 0.3) is 0 Å². The van der Waals surface area contributed by atoms with Crippen molar-refractivity contribution in [2.75, 3.05) is 6.54 Å². The number of nitrogens with zero attached hydrogens (tertiary/aromatic N) is 1. The van der Waals surface area contributed by atoms with Gasteiger partial charge in [-0.2, -0.15) is 0 Å². The lowest BCUT2D eigenvalue weighted by Crippen LogP contribution is -2.48. The van der Waals surface area contributed by atoms with E-state index in [2.05, 4.69) is 31.1 Å². The molecule has 0 bridgehead atoms. The van der Waals surface area contributed by atoms with Gasteiger partial charge in [-0.25, -0.2) is 4.39 Å². The summed E-state index contributed by atoms with van der Waals surface area (Å²) in [4.78, 5) is 3.83. The smallest absolute Gasteiger partial charge is 0.146 e. The van der Waals surface area contributed by atoms with E-state index in [-0.39, 0.29) is 16.8 Å². The Labute approximate surface area is 96.3 Å². The molecule has 0 amide bonds. The van der Waals surface area contributed by atoms with Crippen LogP contribution in [0, 0.1) is 11.2 Å². The van der Waals surface area contributed by atoms with Crippen molar-refractivity contribution >= 4 is 0 Å².